The predicted molar refractivity (Wildman–Crippen MR) is 62.3 cm³/mol. The SMILES string of the molecule is O=C(O)C1CCCC1CNCc1cscn1. The number of carboxylic acid groups (broad SMARTS) is 1. The fraction of sp³-hybridized carbons (Fsp3) is 0.636. The van der Waals surface area contributed by atoms with Crippen molar-refractivity contribution >= 4 is 17.3 Å². The summed E-state index contributed by atoms with van der Waals surface area (Å²) in [5.41, 5.74) is 2.85. The molecule has 5 heteroatoms. The molecule has 2 unspecified atom stereocenters. The highest BCUT2D eigenvalue weighted by Gasteiger charge is 2.32. The van der Waals surface area contributed by atoms with Gasteiger partial charge in [-0.05, 0) is 25.3 Å². The molecule has 1 aromatic heterocycles. The number of carbonyl (C=O) groups is 1. The molecule has 88 valence electrons. The summed E-state index contributed by atoms with van der Waals surface area (Å²) in [4.78, 5) is 15.1. The van der Waals surface area contributed by atoms with Crippen LogP contribution in [0.25, 0.3) is 0 Å². The minimum Gasteiger partial charge on any atom is -0.481 e. The van der Waals surface area contributed by atoms with E-state index in [0.29, 0.717) is 0 Å². The van der Waals surface area contributed by atoms with Gasteiger partial charge in [-0.2, -0.15) is 0 Å². The predicted octanol–water partition coefficient (Wildman–Crippen LogP) is 1.73. The van der Waals surface area contributed by atoms with Crippen molar-refractivity contribution < 1.29 is 9.90 Å². The fourth-order valence-electron chi connectivity index (χ4n) is 2.32. The molecule has 2 N–H and O–H groups in total. The highest BCUT2D eigenvalue weighted by Crippen LogP contribution is 2.31. The Morgan fingerprint density at radius 1 is 1.62 bits per heavy atom. The number of aromatic nitrogens is 1. The summed E-state index contributed by atoms with van der Waals surface area (Å²) in [7, 11) is 0. The molecule has 2 rings (SSSR count). The Hall–Kier alpha value is -0.940. The molecule has 1 aliphatic carbocycles. The number of rotatable bonds is 5. The summed E-state index contributed by atoms with van der Waals surface area (Å²) in [6, 6.07) is 0. The number of nitrogens with zero attached hydrogens (tertiary/aromatic N) is 1. The number of aliphatic carboxylic acids is 1. The highest BCUT2D eigenvalue weighted by atomic mass is 32.1. The van der Waals surface area contributed by atoms with E-state index in [1.165, 1.54) is 0 Å². The first kappa shape index (κ1) is 11.5. The third-order valence-electron chi connectivity index (χ3n) is 3.17. The molecule has 1 fully saturated rings. The van der Waals surface area contributed by atoms with E-state index in [4.69, 9.17) is 5.11 Å². The Morgan fingerprint density at radius 3 is 3.19 bits per heavy atom. The number of thiazole rings is 1. The van der Waals surface area contributed by atoms with E-state index in [1.54, 1.807) is 11.3 Å². The van der Waals surface area contributed by atoms with Crippen LogP contribution in [0.4, 0.5) is 0 Å². The third-order valence-corrected chi connectivity index (χ3v) is 3.81. The Balaban J connectivity index is 1.75. The molecule has 1 saturated carbocycles. The Morgan fingerprint density at radius 2 is 2.50 bits per heavy atom. The normalized spacial score (nSPS) is 24.8. The molecular formula is C11H16N2O2S. The Kier molecular flexibility index (Phi) is 3.90. The Bertz CT molecular complexity index is 340. The fourth-order valence-corrected chi connectivity index (χ4v) is 2.88. The second kappa shape index (κ2) is 5.41. The third kappa shape index (κ3) is 2.80. The highest BCUT2D eigenvalue weighted by molar-refractivity contribution is 7.07. The van der Waals surface area contributed by atoms with Crippen LogP contribution in [0, 0.1) is 11.8 Å². The minimum absolute atomic E-state index is 0.150. The molecule has 0 spiro atoms. The zero-order chi connectivity index (χ0) is 11.4. The first-order chi connectivity index (χ1) is 7.77. The second-order valence-corrected chi connectivity index (χ2v) is 4.97. The lowest BCUT2D eigenvalue weighted by Gasteiger charge is -2.15. The summed E-state index contributed by atoms with van der Waals surface area (Å²) < 4.78 is 0. The van der Waals surface area contributed by atoms with E-state index in [9.17, 15) is 4.79 Å². The van der Waals surface area contributed by atoms with Gasteiger partial charge in [0.15, 0.2) is 0 Å². The van der Waals surface area contributed by atoms with Gasteiger partial charge in [0.2, 0.25) is 0 Å². The van der Waals surface area contributed by atoms with Gasteiger partial charge in [0.1, 0.15) is 0 Å². The van der Waals surface area contributed by atoms with E-state index >= 15 is 0 Å². The van der Waals surface area contributed by atoms with Crippen molar-refractivity contribution in [2.75, 3.05) is 6.54 Å². The summed E-state index contributed by atoms with van der Waals surface area (Å²) in [5.74, 6) is -0.503. The molecule has 4 nitrogen and oxygen atoms in total. The van der Waals surface area contributed by atoms with Crippen LogP contribution in [0.2, 0.25) is 0 Å². The van der Waals surface area contributed by atoms with Crippen LogP contribution in [0.5, 0.6) is 0 Å². The Labute approximate surface area is 98.7 Å². The molecule has 0 aliphatic heterocycles. The number of carboxylic acids is 1. The van der Waals surface area contributed by atoms with Crippen molar-refractivity contribution in [2.45, 2.75) is 25.8 Å². The number of hydrogen-bond acceptors (Lipinski definition) is 4. The maximum Gasteiger partial charge on any atom is 0.306 e. The summed E-state index contributed by atoms with van der Waals surface area (Å²) in [6.45, 7) is 1.53. The zero-order valence-corrected chi connectivity index (χ0v) is 9.87. The van der Waals surface area contributed by atoms with Crippen molar-refractivity contribution in [3.63, 3.8) is 0 Å². The van der Waals surface area contributed by atoms with Crippen LogP contribution in [-0.4, -0.2) is 22.6 Å². The molecular weight excluding hydrogens is 224 g/mol. The minimum atomic E-state index is -0.641. The van der Waals surface area contributed by atoms with Gasteiger partial charge in [-0.3, -0.25) is 4.79 Å². The van der Waals surface area contributed by atoms with Crippen molar-refractivity contribution in [1.29, 1.82) is 0 Å². The molecule has 1 aromatic rings. The van der Waals surface area contributed by atoms with E-state index in [0.717, 1.165) is 38.0 Å². The molecule has 0 saturated heterocycles. The van der Waals surface area contributed by atoms with E-state index in [1.807, 2.05) is 10.9 Å². The lowest BCUT2D eigenvalue weighted by molar-refractivity contribution is -0.142. The van der Waals surface area contributed by atoms with Gasteiger partial charge in [-0.1, -0.05) is 6.42 Å². The van der Waals surface area contributed by atoms with Gasteiger partial charge in [0.05, 0.1) is 17.1 Å². The van der Waals surface area contributed by atoms with Gasteiger partial charge in [-0.25, -0.2) is 4.98 Å². The van der Waals surface area contributed by atoms with Crippen molar-refractivity contribution in [1.82, 2.24) is 10.3 Å². The van der Waals surface area contributed by atoms with Crippen LogP contribution in [0.15, 0.2) is 10.9 Å². The van der Waals surface area contributed by atoms with Crippen LogP contribution in [0.3, 0.4) is 0 Å². The van der Waals surface area contributed by atoms with E-state index < -0.39 is 5.97 Å². The first-order valence-electron chi connectivity index (χ1n) is 5.58. The lowest BCUT2D eigenvalue weighted by Crippen LogP contribution is -2.28. The van der Waals surface area contributed by atoms with Gasteiger partial charge < -0.3 is 10.4 Å². The van der Waals surface area contributed by atoms with Crippen molar-refractivity contribution in [2.24, 2.45) is 11.8 Å². The van der Waals surface area contributed by atoms with Crippen LogP contribution >= 0.6 is 11.3 Å². The van der Waals surface area contributed by atoms with Crippen molar-refractivity contribution in [3.05, 3.63) is 16.6 Å². The van der Waals surface area contributed by atoms with E-state index in [2.05, 4.69) is 10.3 Å². The van der Waals surface area contributed by atoms with E-state index in [-0.39, 0.29) is 11.8 Å². The average molecular weight is 240 g/mol. The summed E-state index contributed by atoms with van der Waals surface area (Å²) in [6.07, 6.45) is 2.90. The lowest BCUT2D eigenvalue weighted by atomic mass is 9.96. The monoisotopic (exact) mass is 240 g/mol. The number of nitrogens with one attached hydrogen (secondary N) is 1. The number of hydrogen-bond donors (Lipinski definition) is 2. The van der Waals surface area contributed by atoms with Gasteiger partial charge in [0, 0.05) is 11.9 Å². The van der Waals surface area contributed by atoms with Crippen LogP contribution in [0.1, 0.15) is 25.0 Å². The second-order valence-electron chi connectivity index (χ2n) is 4.25. The van der Waals surface area contributed by atoms with Crippen LogP contribution in [-0.2, 0) is 11.3 Å². The summed E-state index contributed by atoms with van der Waals surface area (Å²) in [5, 5.41) is 14.3. The molecule has 16 heavy (non-hydrogen) atoms. The molecule has 0 radical (unpaired) electrons. The molecule has 2 atom stereocenters. The average Bonchev–Trinajstić information content (AvgIpc) is 2.87. The molecule has 1 aliphatic rings. The molecule has 0 aromatic carbocycles. The quantitative estimate of drug-likeness (QED) is 0.823. The summed E-state index contributed by atoms with van der Waals surface area (Å²) >= 11 is 1.58. The largest absolute Gasteiger partial charge is 0.481 e. The smallest absolute Gasteiger partial charge is 0.306 e. The molecule has 1 heterocycles. The maximum atomic E-state index is 11.0. The maximum absolute atomic E-state index is 11.0. The van der Waals surface area contributed by atoms with Gasteiger partial charge >= 0.3 is 5.97 Å². The standard InChI is InChI=1S/C11H16N2O2S/c14-11(15)10-3-1-2-8(10)4-12-5-9-6-16-7-13-9/h6-8,10,12H,1-5H2,(H,14,15). The zero-order valence-electron chi connectivity index (χ0n) is 9.06. The van der Waals surface area contributed by atoms with Gasteiger partial charge in [-0.15, -0.1) is 11.3 Å². The van der Waals surface area contributed by atoms with Crippen molar-refractivity contribution in [3.8, 4) is 0 Å². The van der Waals surface area contributed by atoms with Crippen LogP contribution < -0.4 is 5.32 Å². The van der Waals surface area contributed by atoms with Gasteiger partial charge in [0.25, 0.3) is 0 Å². The first-order valence-corrected chi connectivity index (χ1v) is 6.52. The molecule has 0 bridgehead atoms. The molecule has 0 amide bonds. The topological polar surface area (TPSA) is 62.2 Å².